The number of terminal acetylenes is 1. The lowest BCUT2D eigenvalue weighted by Gasteiger charge is -2.25. The Bertz CT molecular complexity index is 480. The van der Waals surface area contributed by atoms with Crippen molar-refractivity contribution in [2.45, 2.75) is 51.5 Å². The summed E-state index contributed by atoms with van der Waals surface area (Å²) in [6.07, 6.45) is 0.0871. The van der Waals surface area contributed by atoms with Gasteiger partial charge < -0.3 is 23.7 Å². The van der Waals surface area contributed by atoms with Crippen LogP contribution < -0.4 is 0 Å². The standard InChI is InChI=1S/C14H18O8/c1-6-10(19-7(2)15)11-12(20-8(3)16)13(21-9(4)17)14(18-5)22-11/h1,10-14H,2-5H3/t10?,11?,12-,13?,14?/m1/s1. The highest BCUT2D eigenvalue weighted by molar-refractivity contribution is 5.68. The summed E-state index contributed by atoms with van der Waals surface area (Å²) in [5, 5.41) is 0. The quantitative estimate of drug-likeness (QED) is 0.390. The van der Waals surface area contributed by atoms with Gasteiger partial charge in [0.05, 0.1) is 0 Å². The minimum atomic E-state index is -1.12. The number of methoxy groups -OCH3 is 1. The van der Waals surface area contributed by atoms with Crippen molar-refractivity contribution in [1.29, 1.82) is 0 Å². The van der Waals surface area contributed by atoms with Crippen LogP contribution in [0.4, 0.5) is 0 Å². The molecule has 0 aromatic carbocycles. The van der Waals surface area contributed by atoms with Crippen LogP contribution in [-0.4, -0.2) is 55.7 Å². The van der Waals surface area contributed by atoms with Crippen molar-refractivity contribution in [2.24, 2.45) is 0 Å². The van der Waals surface area contributed by atoms with Gasteiger partial charge in [-0.15, -0.1) is 6.42 Å². The molecular weight excluding hydrogens is 296 g/mol. The molecule has 22 heavy (non-hydrogen) atoms. The van der Waals surface area contributed by atoms with Gasteiger partial charge in [-0.05, 0) is 0 Å². The first kappa shape index (κ1) is 17.9. The first-order valence-electron chi connectivity index (χ1n) is 6.46. The lowest BCUT2D eigenvalue weighted by Crippen LogP contribution is -2.44. The van der Waals surface area contributed by atoms with Crippen LogP contribution in [0.5, 0.6) is 0 Å². The number of ether oxygens (including phenoxy) is 5. The summed E-state index contributed by atoms with van der Waals surface area (Å²) < 4.78 is 25.7. The molecule has 122 valence electrons. The van der Waals surface area contributed by atoms with Gasteiger partial charge in [0.2, 0.25) is 0 Å². The SMILES string of the molecule is C#CC(OC(C)=O)C1OC(OC)C(OC(C)=O)[C@@H]1OC(C)=O. The maximum absolute atomic E-state index is 11.3. The summed E-state index contributed by atoms with van der Waals surface area (Å²) in [6, 6.07) is 0. The van der Waals surface area contributed by atoms with Crippen LogP contribution in [0.3, 0.4) is 0 Å². The van der Waals surface area contributed by atoms with E-state index in [0.29, 0.717) is 0 Å². The van der Waals surface area contributed by atoms with Crippen LogP contribution in [0.25, 0.3) is 0 Å². The Morgan fingerprint density at radius 1 is 1.05 bits per heavy atom. The lowest BCUT2D eigenvalue weighted by molar-refractivity contribution is -0.183. The first-order chi connectivity index (χ1) is 10.3. The molecule has 0 spiro atoms. The van der Waals surface area contributed by atoms with Crippen molar-refractivity contribution < 1.29 is 38.1 Å². The molecule has 0 N–H and O–H groups in total. The van der Waals surface area contributed by atoms with Crippen LogP contribution in [0.15, 0.2) is 0 Å². The summed E-state index contributed by atoms with van der Waals surface area (Å²) in [6.45, 7) is 3.55. The molecule has 0 saturated carbocycles. The smallest absolute Gasteiger partial charge is 0.303 e. The second kappa shape index (κ2) is 7.77. The molecule has 0 amide bonds. The summed E-state index contributed by atoms with van der Waals surface area (Å²) in [7, 11) is 1.32. The first-order valence-corrected chi connectivity index (χ1v) is 6.46. The average Bonchev–Trinajstić information content (AvgIpc) is 2.73. The third kappa shape index (κ3) is 4.44. The van der Waals surface area contributed by atoms with Gasteiger partial charge in [0.25, 0.3) is 0 Å². The van der Waals surface area contributed by atoms with Gasteiger partial charge in [0.1, 0.15) is 6.10 Å². The predicted octanol–water partition coefficient (Wildman–Crippen LogP) is -0.214. The summed E-state index contributed by atoms with van der Waals surface area (Å²) in [5.74, 6) is 0.369. The van der Waals surface area contributed by atoms with E-state index < -0.39 is 48.6 Å². The van der Waals surface area contributed by atoms with Gasteiger partial charge >= 0.3 is 17.9 Å². The Morgan fingerprint density at radius 2 is 1.59 bits per heavy atom. The zero-order valence-electron chi connectivity index (χ0n) is 12.7. The van der Waals surface area contributed by atoms with Gasteiger partial charge in [-0.3, -0.25) is 14.4 Å². The van der Waals surface area contributed by atoms with Crippen LogP contribution in [0, 0.1) is 12.3 Å². The van der Waals surface area contributed by atoms with Gasteiger partial charge in [-0.2, -0.15) is 0 Å². The van der Waals surface area contributed by atoms with E-state index in [1.807, 2.05) is 0 Å². The maximum Gasteiger partial charge on any atom is 0.303 e. The molecule has 0 aliphatic carbocycles. The molecule has 1 aliphatic rings. The Balaban J connectivity index is 3.07. The van der Waals surface area contributed by atoms with Crippen LogP contribution >= 0.6 is 0 Å². The zero-order valence-corrected chi connectivity index (χ0v) is 12.7. The molecule has 1 aliphatic heterocycles. The number of carbonyl (C=O) groups is 3. The molecule has 1 fully saturated rings. The highest BCUT2D eigenvalue weighted by atomic mass is 16.7. The largest absolute Gasteiger partial charge is 0.455 e. The molecule has 5 atom stereocenters. The van der Waals surface area contributed by atoms with Crippen molar-refractivity contribution in [1.82, 2.24) is 0 Å². The van der Waals surface area contributed by atoms with Crippen LogP contribution in [0.1, 0.15) is 20.8 Å². The fourth-order valence-electron chi connectivity index (χ4n) is 2.10. The average molecular weight is 314 g/mol. The molecule has 1 rings (SSSR count). The highest BCUT2D eigenvalue weighted by Crippen LogP contribution is 2.30. The van der Waals surface area contributed by atoms with E-state index in [0.717, 1.165) is 0 Å². The lowest BCUT2D eigenvalue weighted by atomic mass is 10.1. The molecular formula is C14H18O8. The van der Waals surface area contributed by atoms with E-state index >= 15 is 0 Å². The maximum atomic E-state index is 11.3. The Kier molecular flexibility index (Phi) is 6.34. The Morgan fingerprint density at radius 3 is 2.00 bits per heavy atom. The molecule has 1 heterocycles. The minimum Gasteiger partial charge on any atom is -0.455 e. The Labute approximate surface area is 128 Å². The molecule has 0 radical (unpaired) electrons. The number of hydrogen-bond acceptors (Lipinski definition) is 8. The molecule has 0 bridgehead atoms. The van der Waals surface area contributed by atoms with Crippen molar-refractivity contribution in [3.05, 3.63) is 0 Å². The van der Waals surface area contributed by atoms with Crippen LogP contribution in [0.2, 0.25) is 0 Å². The topological polar surface area (TPSA) is 97.4 Å². The van der Waals surface area contributed by atoms with Gasteiger partial charge in [0, 0.05) is 27.9 Å². The van der Waals surface area contributed by atoms with Gasteiger partial charge in [0.15, 0.2) is 24.6 Å². The zero-order chi connectivity index (χ0) is 16.9. The third-order valence-electron chi connectivity index (χ3n) is 2.80. The fourth-order valence-corrected chi connectivity index (χ4v) is 2.10. The molecule has 0 aromatic rings. The van der Waals surface area contributed by atoms with Gasteiger partial charge in [-0.1, -0.05) is 5.92 Å². The summed E-state index contributed by atoms with van der Waals surface area (Å²) in [5.41, 5.74) is 0. The number of rotatable bonds is 5. The number of esters is 3. The summed E-state index contributed by atoms with van der Waals surface area (Å²) >= 11 is 0. The number of carbonyl (C=O) groups excluding carboxylic acids is 3. The van der Waals surface area contributed by atoms with Gasteiger partial charge in [-0.25, -0.2) is 0 Å². The van der Waals surface area contributed by atoms with Crippen molar-refractivity contribution in [2.75, 3.05) is 7.11 Å². The third-order valence-corrected chi connectivity index (χ3v) is 2.80. The van der Waals surface area contributed by atoms with E-state index in [1.165, 1.54) is 27.9 Å². The van der Waals surface area contributed by atoms with E-state index in [2.05, 4.69) is 5.92 Å². The van der Waals surface area contributed by atoms with E-state index in [-0.39, 0.29) is 0 Å². The minimum absolute atomic E-state index is 0.613. The van der Waals surface area contributed by atoms with E-state index in [1.54, 1.807) is 0 Å². The predicted molar refractivity (Wildman–Crippen MR) is 71.2 cm³/mol. The van der Waals surface area contributed by atoms with Crippen molar-refractivity contribution >= 4 is 17.9 Å². The monoisotopic (exact) mass is 314 g/mol. The fraction of sp³-hybridized carbons (Fsp3) is 0.643. The number of hydrogen-bond donors (Lipinski definition) is 0. The second-order valence-electron chi connectivity index (χ2n) is 4.55. The van der Waals surface area contributed by atoms with Crippen molar-refractivity contribution in [3.63, 3.8) is 0 Å². The molecule has 8 heteroatoms. The van der Waals surface area contributed by atoms with Crippen LogP contribution in [-0.2, 0) is 38.1 Å². The van der Waals surface area contributed by atoms with Crippen molar-refractivity contribution in [3.8, 4) is 12.3 Å². The van der Waals surface area contributed by atoms with E-state index in [9.17, 15) is 14.4 Å². The molecule has 4 unspecified atom stereocenters. The normalized spacial score (nSPS) is 28.3. The molecule has 8 nitrogen and oxygen atoms in total. The second-order valence-corrected chi connectivity index (χ2v) is 4.55. The molecule has 1 saturated heterocycles. The summed E-state index contributed by atoms with van der Waals surface area (Å²) in [4.78, 5) is 33.6. The van der Waals surface area contributed by atoms with E-state index in [4.69, 9.17) is 30.1 Å². The Hall–Kier alpha value is -2.11. The highest BCUT2D eigenvalue weighted by Gasteiger charge is 2.53. The molecule has 0 aromatic heterocycles.